The predicted octanol–water partition coefficient (Wildman–Crippen LogP) is -0.167. The zero-order chi connectivity index (χ0) is 7.84. The second-order valence-electron chi connectivity index (χ2n) is 2.20. The van der Waals surface area contributed by atoms with Crippen molar-refractivity contribution >= 4 is 16.7 Å². The molecule has 5 nitrogen and oxygen atoms in total. The number of nitrogens with two attached hydrogens (primary N) is 1. The van der Waals surface area contributed by atoms with Crippen molar-refractivity contribution in [2.45, 2.75) is 0 Å². The van der Waals surface area contributed by atoms with Crippen molar-refractivity contribution < 1.29 is 0 Å². The van der Waals surface area contributed by atoms with Crippen molar-refractivity contribution in [2.24, 2.45) is 0 Å². The quantitative estimate of drug-likeness (QED) is 0.487. The molecule has 0 aromatic carbocycles. The first-order valence-corrected chi connectivity index (χ1v) is 3.10. The van der Waals surface area contributed by atoms with Gasteiger partial charge < -0.3 is 10.7 Å². The summed E-state index contributed by atoms with van der Waals surface area (Å²) < 4.78 is 0. The summed E-state index contributed by atoms with van der Waals surface area (Å²) in [5.74, 6) is 0.334. The molecule has 0 amide bonds. The average molecular weight is 150 g/mol. The van der Waals surface area contributed by atoms with Crippen LogP contribution in [0, 0.1) is 0 Å². The molecule has 5 heteroatoms. The van der Waals surface area contributed by atoms with Crippen molar-refractivity contribution in [1.82, 2.24) is 15.2 Å². The van der Waals surface area contributed by atoms with E-state index in [2.05, 4.69) is 15.2 Å². The number of nitrogens with zero attached hydrogens (tertiary/aromatic N) is 1. The van der Waals surface area contributed by atoms with Crippen LogP contribution in [-0.2, 0) is 0 Å². The average Bonchev–Trinajstić information content (AvgIpc) is 2.45. The van der Waals surface area contributed by atoms with Crippen molar-refractivity contribution in [3.8, 4) is 0 Å². The van der Waals surface area contributed by atoms with Gasteiger partial charge in [-0.15, -0.1) is 0 Å². The molecule has 0 radical (unpaired) electrons. The molecule has 0 saturated carbocycles. The maximum Gasteiger partial charge on any atom is 0.288 e. The third-order valence-corrected chi connectivity index (χ3v) is 1.53. The Kier molecular flexibility index (Phi) is 1.00. The summed E-state index contributed by atoms with van der Waals surface area (Å²) in [6.45, 7) is 0. The van der Waals surface area contributed by atoms with Crippen LogP contribution < -0.4 is 11.3 Å². The van der Waals surface area contributed by atoms with Crippen molar-refractivity contribution in [3.05, 3.63) is 22.6 Å². The van der Waals surface area contributed by atoms with Crippen LogP contribution in [0.25, 0.3) is 10.9 Å². The molecule has 56 valence electrons. The standard InChI is InChI=1S/C6H6N4O/c7-5-3-1-2-8-4(3)6(11)10-9-5/h1-2,8H,(H2,7,9)(H,10,11). The maximum absolute atomic E-state index is 11.0. The number of H-pyrrole nitrogens is 2. The molecule has 2 heterocycles. The Morgan fingerprint density at radius 1 is 1.55 bits per heavy atom. The van der Waals surface area contributed by atoms with Crippen LogP contribution in [0.4, 0.5) is 5.82 Å². The molecule has 0 saturated heterocycles. The van der Waals surface area contributed by atoms with Crippen molar-refractivity contribution in [2.75, 3.05) is 5.73 Å². The lowest BCUT2D eigenvalue weighted by atomic mass is 10.3. The minimum Gasteiger partial charge on any atom is -0.382 e. The molecule has 11 heavy (non-hydrogen) atoms. The Morgan fingerprint density at radius 2 is 2.36 bits per heavy atom. The topological polar surface area (TPSA) is 87.6 Å². The smallest absolute Gasteiger partial charge is 0.288 e. The van der Waals surface area contributed by atoms with Gasteiger partial charge in [-0.2, -0.15) is 5.10 Å². The Labute approximate surface area is 61.2 Å². The minimum atomic E-state index is -0.251. The molecule has 2 aromatic rings. The molecule has 2 rings (SSSR count). The molecular formula is C6H6N4O. The number of hydrogen-bond acceptors (Lipinski definition) is 3. The van der Waals surface area contributed by atoms with E-state index < -0.39 is 0 Å². The monoisotopic (exact) mass is 150 g/mol. The molecule has 4 N–H and O–H groups in total. The SMILES string of the molecule is Nc1n[nH]c(=O)c2[nH]ccc12. The fourth-order valence-electron chi connectivity index (χ4n) is 0.998. The molecule has 0 atom stereocenters. The van der Waals surface area contributed by atoms with Gasteiger partial charge in [-0.1, -0.05) is 0 Å². The first kappa shape index (κ1) is 5.96. The highest BCUT2D eigenvalue weighted by atomic mass is 16.1. The summed E-state index contributed by atoms with van der Waals surface area (Å²) >= 11 is 0. The molecule has 0 aliphatic heterocycles. The number of aromatic amines is 2. The number of hydrogen-bond donors (Lipinski definition) is 3. The molecule has 2 aromatic heterocycles. The predicted molar refractivity (Wildman–Crippen MR) is 41.1 cm³/mol. The van der Waals surface area contributed by atoms with Crippen LogP contribution in [0.3, 0.4) is 0 Å². The zero-order valence-corrected chi connectivity index (χ0v) is 5.59. The molecule has 0 fully saturated rings. The highest BCUT2D eigenvalue weighted by Gasteiger charge is 2.02. The van der Waals surface area contributed by atoms with Gasteiger partial charge in [-0.25, -0.2) is 5.10 Å². The normalized spacial score (nSPS) is 10.5. The van der Waals surface area contributed by atoms with Gasteiger partial charge in [0.05, 0.1) is 0 Å². The molecule has 0 aliphatic rings. The van der Waals surface area contributed by atoms with E-state index in [1.54, 1.807) is 12.3 Å². The lowest BCUT2D eigenvalue weighted by Crippen LogP contribution is -2.09. The van der Waals surface area contributed by atoms with Crippen molar-refractivity contribution in [3.63, 3.8) is 0 Å². The first-order valence-electron chi connectivity index (χ1n) is 3.10. The van der Waals surface area contributed by atoms with Gasteiger partial charge in [-0.05, 0) is 6.07 Å². The van der Waals surface area contributed by atoms with Crippen molar-refractivity contribution in [1.29, 1.82) is 0 Å². The summed E-state index contributed by atoms with van der Waals surface area (Å²) in [5, 5.41) is 6.53. The molecule has 0 bridgehead atoms. The number of aromatic nitrogens is 3. The van der Waals surface area contributed by atoms with E-state index in [-0.39, 0.29) is 5.56 Å². The Morgan fingerprint density at radius 3 is 3.09 bits per heavy atom. The van der Waals surface area contributed by atoms with Gasteiger partial charge in [0.2, 0.25) is 0 Å². The van der Waals surface area contributed by atoms with E-state index in [0.29, 0.717) is 16.7 Å². The summed E-state index contributed by atoms with van der Waals surface area (Å²) in [7, 11) is 0. The van der Waals surface area contributed by atoms with Crippen LogP contribution >= 0.6 is 0 Å². The number of rotatable bonds is 0. The Balaban J connectivity index is 3.08. The van der Waals surface area contributed by atoms with Gasteiger partial charge in [-0.3, -0.25) is 4.79 Å². The van der Waals surface area contributed by atoms with Crippen LogP contribution in [0.1, 0.15) is 0 Å². The third-order valence-electron chi connectivity index (χ3n) is 1.53. The Hall–Kier alpha value is -1.78. The van der Waals surface area contributed by atoms with Gasteiger partial charge in [0.1, 0.15) is 5.52 Å². The number of fused-ring (bicyclic) bond motifs is 1. The molecule has 0 spiro atoms. The molecular weight excluding hydrogens is 144 g/mol. The van der Waals surface area contributed by atoms with Crippen LogP contribution in [0.15, 0.2) is 17.1 Å². The zero-order valence-electron chi connectivity index (χ0n) is 5.59. The van der Waals surface area contributed by atoms with Crippen LogP contribution in [0.2, 0.25) is 0 Å². The highest BCUT2D eigenvalue weighted by Crippen LogP contribution is 2.11. The van der Waals surface area contributed by atoms with E-state index in [1.807, 2.05) is 0 Å². The number of nitrogens with one attached hydrogen (secondary N) is 2. The maximum atomic E-state index is 11.0. The number of nitrogen functional groups attached to an aromatic ring is 1. The largest absolute Gasteiger partial charge is 0.382 e. The summed E-state index contributed by atoms with van der Waals surface area (Å²) in [4.78, 5) is 13.8. The van der Waals surface area contributed by atoms with Crippen LogP contribution in [-0.4, -0.2) is 15.2 Å². The summed E-state index contributed by atoms with van der Waals surface area (Å²) in [5.41, 5.74) is 5.69. The van der Waals surface area contributed by atoms with Gasteiger partial charge in [0.25, 0.3) is 5.56 Å². The van der Waals surface area contributed by atoms with Crippen LogP contribution in [0.5, 0.6) is 0 Å². The number of anilines is 1. The minimum absolute atomic E-state index is 0.251. The second kappa shape index (κ2) is 1.85. The molecule has 0 aliphatic carbocycles. The molecule has 0 unspecified atom stereocenters. The van der Waals surface area contributed by atoms with Gasteiger partial charge in [0, 0.05) is 11.6 Å². The summed E-state index contributed by atoms with van der Waals surface area (Å²) in [6, 6.07) is 1.72. The van der Waals surface area contributed by atoms with E-state index in [1.165, 1.54) is 0 Å². The van der Waals surface area contributed by atoms with Gasteiger partial charge in [0.15, 0.2) is 5.82 Å². The van der Waals surface area contributed by atoms with Gasteiger partial charge >= 0.3 is 0 Å². The fraction of sp³-hybridized carbons (Fsp3) is 0. The first-order chi connectivity index (χ1) is 5.29. The lowest BCUT2D eigenvalue weighted by Gasteiger charge is -1.91. The summed E-state index contributed by atoms with van der Waals surface area (Å²) in [6.07, 6.45) is 1.65. The van der Waals surface area contributed by atoms with E-state index in [4.69, 9.17) is 5.73 Å². The Bertz CT molecular complexity index is 441. The van der Waals surface area contributed by atoms with E-state index in [9.17, 15) is 4.79 Å². The second-order valence-corrected chi connectivity index (χ2v) is 2.20. The lowest BCUT2D eigenvalue weighted by molar-refractivity contribution is 1.02. The fourth-order valence-corrected chi connectivity index (χ4v) is 0.998. The van der Waals surface area contributed by atoms with E-state index in [0.717, 1.165) is 0 Å². The van der Waals surface area contributed by atoms with E-state index >= 15 is 0 Å². The third kappa shape index (κ3) is 0.706. The highest BCUT2D eigenvalue weighted by molar-refractivity contribution is 5.87.